The fourth-order valence-electron chi connectivity index (χ4n) is 2.13. The van der Waals surface area contributed by atoms with Gasteiger partial charge in [-0.25, -0.2) is 0 Å². The van der Waals surface area contributed by atoms with Crippen LogP contribution in [0.15, 0.2) is 48.2 Å². The maximum absolute atomic E-state index is 3.67. The summed E-state index contributed by atoms with van der Waals surface area (Å²) in [6, 6.07) is 10.7. The molecule has 106 valence electrons. The lowest BCUT2D eigenvalue weighted by atomic mass is 9.98. The van der Waals surface area contributed by atoms with E-state index in [2.05, 4.69) is 100 Å². The smallest absolute Gasteiger partial charge is 0.0586 e. The summed E-state index contributed by atoms with van der Waals surface area (Å²) < 4.78 is 4.34. The molecule has 0 saturated carbocycles. The van der Waals surface area contributed by atoms with Crippen molar-refractivity contribution in [1.29, 1.82) is 0 Å². The molecule has 1 atom stereocenters. The van der Waals surface area contributed by atoms with Crippen molar-refractivity contribution in [2.45, 2.75) is 13.0 Å². The fraction of sp³-hybridized carbons (Fsp3) is 0.200. The van der Waals surface area contributed by atoms with Gasteiger partial charge in [-0.15, -0.1) is 0 Å². The molecule has 0 aliphatic rings. The molecule has 0 aliphatic heterocycles. The number of nitrogens with one attached hydrogen (secondary N) is 1. The van der Waals surface area contributed by atoms with Crippen LogP contribution in [0, 0.1) is 6.92 Å². The molecule has 2 aromatic carbocycles. The van der Waals surface area contributed by atoms with E-state index in [0.29, 0.717) is 0 Å². The molecule has 0 aliphatic carbocycles. The Bertz CT molecular complexity index is 620. The predicted molar refractivity (Wildman–Crippen MR) is 99.3 cm³/mol. The van der Waals surface area contributed by atoms with Gasteiger partial charge < -0.3 is 5.32 Å². The van der Waals surface area contributed by atoms with Crippen LogP contribution < -0.4 is 5.32 Å². The molecule has 20 heavy (non-hydrogen) atoms. The molecule has 1 N–H and O–H groups in total. The van der Waals surface area contributed by atoms with Gasteiger partial charge in [0.2, 0.25) is 0 Å². The van der Waals surface area contributed by atoms with E-state index in [0.717, 1.165) is 17.9 Å². The number of aryl methyl sites for hydroxylation is 1. The van der Waals surface area contributed by atoms with E-state index in [9.17, 15) is 0 Å². The highest BCUT2D eigenvalue weighted by Gasteiger charge is 2.17. The van der Waals surface area contributed by atoms with Crippen LogP contribution in [-0.4, -0.2) is 7.05 Å². The van der Waals surface area contributed by atoms with E-state index in [-0.39, 0.29) is 6.04 Å². The quantitative estimate of drug-likeness (QED) is 0.491. The third-order valence-corrected chi connectivity index (χ3v) is 5.55. The Morgan fingerprint density at radius 1 is 0.850 bits per heavy atom. The lowest BCUT2D eigenvalue weighted by molar-refractivity contribution is 0.687. The molecule has 0 saturated heterocycles. The van der Waals surface area contributed by atoms with Crippen molar-refractivity contribution in [3.8, 4) is 0 Å². The SMILES string of the molecule is CNC(c1cc(Br)cc(Br)c1)c1cc(Br)c(C)cc1Br. The van der Waals surface area contributed by atoms with Gasteiger partial charge in [0.1, 0.15) is 0 Å². The third kappa shape index (κ3) is 3.74. The molecule has 0 amide bonds. The molecule has 1 unspecified atom stereocenters. The van der Waals surface area contributed by atoms with Crippen molar-refractivity contribution in [3.63, 3.8) is 0 Å². The van der Waals surface area contributed by atoms with E-state index in [4.69, 9.17) is 0 Å². The van der Waals surface area contributed by atoms with Crippen molar-refractivity contribution in [2.24, 2.45) is 0 Å². The molecule has 0 heterocycles. The minimum absolute atomic E-state index is 0.120. The van der Waals surface area contributed by atoms with Crippen LogP contribution in [0.1, 0.15) is 22.7 Å². The van der Waals surface area contributed by atoms with Gasteiger partial charge in [-0.05, 0) is 61.0 Å². The number of hydrogen-bond donors (Lipinski definition) is 1. The molecule has 2 aromatic rings. The van der Waals surface area contributed by atoms with E-state index in [1.54, 1.807) is 0 Å². The number of hydrogen-bond acceptors (Lipinski definition) is 1. The van der Waals surface area contributed by atoms with Gasteiger partial charge in [-0.1, -0.05) is 63.7 Å². The first-order chi connectivity index (χ1) is 9.42. The number of halogens is 4. The topological polar surface area (TPSA) is 12.0 Å². The van der Waals surface area contributed by atoms with Gasteiger partial charge in [-0.2, -0.15) is 0 Å². The van der Waals surface area contributed by atoms with Gasteiger partial charge in [0.25, 0.3) is 0 Å². The number of rotatable bonds is 3. The first-order valence-corrected chi connectivity index (χ1v) is 9.18. The zero-order valence-electron chi connectivity index (χ0n) is 11.0. The fourth-order valence-corrected chi connectivity index (χ4v) is 4.50. The molecule has 0 spiro atoms. The Balaban J connectivity index is 2.55. The molecule has 5 heteroatoms. The van der Waals surface area contributed by atoms with Crippen LogP contribution >= 0.6 is 63.7 Å². The van der Waals surface area contributed by atoms with E-state index in [1.807, 2.05) is 13.1 Å². The van der Waals surface area contributed by atoms with Crippen molar-refractivity contribution < 1.29 is 0 Å². The summed E-state index contributed by atoms with van der Waals surface area (Å²) >= 11 is 14.4. The highest BCUT2D eigenvalue weighted by Crippen LogP contribution is 2.34. The Morgan fingerprint density at radius 3 is 2.00 bits per heavy atom. The van der Waals surface area contributed by atoms with E-state index < -0.39 is 0 Å². The van der Waals surface area contributed by atoms with Crippen molar-refractivity contribution in [1.82, 2.24) is 5.32 Å². The normalized spacial score (nSPS) is 12.5. The maximum atomic E-state index is 3.67. The Labute approximate surface area is 153 Å². The second-order valence-electron chi connectivity index (χ2n) is 4.55. The van der Waals surface area contributed by atoms with Crippen LogP contribution in [0.4, 0.5) is 0 Å². The van der Waals surface area contributed by atoms with Crippen LogP contribution in [0.2, 0.25) is 0 Å². The highest BCUT2D eigenvalue weighted by atomic mass is 79.9. The monoisotopic (exact) mass is 523 g/mol. The van der Waals surface area contributed by atoms with Crippen LogP contribution in [0.25, 0.3) is 0 Å². The lowest BCUT2D eigenvalue weighted by Crippen LogP contribution is -2.18. The molecule has 0 bridgehead atoms. The third-order valence-electron chi connectivity index (χ3n) is 3.10. The van der Waals surface area contributed by atoms with Crippen LogP contribution in [-0.2, 0) is 0 Å². The van der Waals surface area contributed by atoms with Crippen molar-refractivity contribution >= 4 is 63.7 Å². The second kappa shape index (κ2) is 7.05. The molecular formula is C15H13Br4N. The van der Waals surface area contributed by atoms with E-state index in [1.165, 1.54) is 16.7 Å². The Morgan fingerprint density at radius 2 is 1.45 bits per heavy atom. The van der Waals surface area contributed by atoms with Crippen molar-refractivity contribution in [3.05, 3.63) is 64.9 Å². The summed E-state index contributed by atoms with van der Waals surface area (Å²) in [4.78, 5) is 0. The molecule has 2 rings (SSSR count). The Hall–Kier alpha value is 0.320. The van der Waals surface area contributed by atoms with Crippen LogP contribution in [0.3, 0.4) is 0 Å². The largest absolute Gasteiger partial charge is 0.309 e. The highest BCUT2D eigenvalue weighted by molar-refractivity contribution is 9.11. The average molecular weight is 527 g/mol. The van der Waals surface area contributed by atoms with Crippen LogP contribution in [0.5, 0.6) is 0 Å². The minimum Gasteiger partial charge on any atom is -0.309 e. The summed E-state index contributed by atoms with van der Waals surface area (Å²) in [6.07, 6.45) is 0. The first-order valence-electron chi connectivity index (χ1n) is 6.01. The average Bonchev–Trinajstić information content (AvgIpc) is 2.35. The summed E-state index contributed by atoms with van der Waals surface area (Å²) in [6.45, 7) is 2.09. The van der Waals surface area contributed by atoms with Gasteiger partial charge in [0, 0.05) is 17.9 Å². The molecular weight excluding hydrogens is 514 g/mol. The summed E-state index contributed by atoms with van der Waals surface area (Å²) in [5.74, 6) is 0. The molecule has 0 aromatic heterocycles. The number of benzene rings is 2. The zero-order valence-corrected chi connectivity index (χ0v) is 17.3. The van der Waals surface area contributed by atoms with E-state index >= 15 is 0 Å². The lowest BCUT2D eigenvalue weighted by Gasteiger charge is -2.20. The standard InChI is InChI=1S/C15H13Br4N/c1-8-3-14(19)12(7-13(8)18)15(20-2)9-4-10(16)6-11(17)5-9/h3-7,15,20H,1-2H3. The maximum Gasteiger partial charge on any atom is 0.0586 e. The van der Waals surface area contributed by atoms with Gasteiger partial charge in [0.05, 0.1) is 6.04 Å². The summed E-state index contributed by atoms with van der Waals surface area (Å²) in [5, 5.41) is 3.38. The second-order valence-corrected chi connectivity index (χ2v) is 8.09. The van der Waals surface area contributed by atoms with Gasteiger partial charge in [0.15, 0.2) is 0 Å². The minimum atomic E-state index is 0.120. The first kappa shape index (κ1) is 16.7. The molecule has 1 nitrogen and oxygen atoms in total. The molecule has 0 radical (unpaired) electrons. The zero-order chi connectivity index (χ0) is 14.9. The molecule has 0 fully saturated rings. The Kier molecular flexibility index (Phi) is 5.88. The van der Waals surface area contributed by atoms with Gasteiger partial charge >= 0.3 is 0 Å². The summed E-state index contributed by atoms with van der Waals surface area (Å²) in [7, 11) is 1.97. The predicted octanol–water partition coefficient (Wildman–Crippen LogP) is 6.35. The van der Waals surface area contributed by atoms with Gasteiger partial charge in [-0.3, -0.25) is 0 Å². The summed E-state index contributed by atoms with van der Waals surface area (Å²) in [5.41, 5.74) is 3.62. The van der Waals surface area contributed by atoms with Crippen molar-refractivity contribution in [2.75, 3.05) is 7.05 Å².